The molecule has 0 atom stereocenters. The highest BCUT2D eigenvalue weighted by atomic mass is 32.2. The number of pyridine rings is 3. The number of hydrogen-bond donors (Lipinski definition) is 4. The molecule has 0 unspecified atom stereocenters. The number of aromatic amines is 2. The first-order valence-corrected chi connectivity index (χ1v) is 16.9. The van der Waals surface area contributed by atoms with E-state index < -0.39 is 15.8 Å². The lowest BCUT2D eigenvalue weighted by Gasteiger charge is -2.20. The highest BCUT2D eigenvalue weighted by molar-refractivity contribution is 7.88. The minimum Gasteiger partial charge on any atom is -0.353 e. The second-order valence-electron chi connectivity index (χ2n) is 11.7. The summed E-state index contributed by atoms with van der Waals surface area (Å²) < 4.78 is 40.2. The van der Waals surface area contributed by atoms with Crippen molar-refractivity contribution < 1.29 is 17.6 Å². The first-order valence-electron chi connectivity index (χ1n) is 15.0. The fourth-order valence-corrected chi connectivity index (χ4v) is 6.48. The standard InChI is InChI=1S/C33H31FN8O3S/c1-46(44,45)38-15-19-9-21(11-23(34)10-19)31-25-14-29(40-27(25)7-8-36-31)32-26-13-28(37-18-30(26)41-42-32)22-12-24(17-35-16-22)39-33(43)20-5-3-2-4-6-20/h7-14,16-18,20,38,40H,2-6,15H2,1H3,(H,39,43)(H,41,42). The van der Waals surface area contributed by atoms with E-state index in [1.54, 1.807) is 30.9 Å². The van der Waals surface area contributed by atoms with Gasteiger partial charge in [0.2, 0.25) is 15.9 Å². The molecule has 1 fully saturated rings. The van der Waals surface area contributed by atoms with E-state index in [0.29, 0.717) is 33.9 Å². The zero-order valence-corrected chi connectivity index (χ0v) is 25.8. The summed E-state index contributed by atoms with van der Waals surface area (Å²) >= 11 is 0. The number of H-pyrrole nitrogens is 2. The third-order valence-corrected chi connectivity index (χ3v) is 8.97. The lowest BCUT2D eigenvalue weighted by Crippen LogP contribution is -2.24. The van der Waals surface area contributed by atoms with Crippen LogP contribution in [0.3, 0.4) is 0 Å². The number of rotatable bonds is 8. The number of fused-ring (bicyclic) bond motifs is 2. The van der Waals surface area contributed by atoms with E-state index in [0.717, 1.165) is 65.0 Å². The van der Waals surface area contributed by atoms with Crippen molar-refractivity contribution in [2.45, 2.75) is 38.6 Å². The van der Waals surface area contributed by atoms with Gasteiger partial charge in [-0.1, -0.05) is 19.3 Å². The lowest BCUT2D eigenvalue weighted by molar-refractivity contribution is -0.120. The van der Waals surface area contributed by atoms with E-state index in [1.165, 1.54) is 18.6 Å². The van der Waals surface area contributed by atoms with Crippen molar-refractivity contribution >= 4 is 43.4 Å². The predicted molar refractivity (Wildman–Crippen MR) is 174 cm³/mol. The largest absolute Gasteiger partial charge is 0.353 e. The summed E-state index contributed by atoms with van der Waals surface area (Å²) in [6, 6.07) is 11.9. The van der Waals surface area contributed by atoms with Crippen LogP contribution >= 0.6 is 0 Å². The van der Waals surface area contributed by atoms with Gasteiger partial charge in [-0.15, -0.1) is 0 Å². The molecule has 46 heavy (non-hydrogen) atoms. The molecule has 13 heteroatoms. The maximum atomic E-state index is 14.6. The summed E-state index contributed by atoms with van der Waals surface area (Å²) in [5.41, 5.74) is 6.47. The molecule has 0 aliphatic heterocycles. The Morgan fingerprint density at radius 2 is 1.76 bits per heavy atom. The van der Waals surface area contributed by atoms with E-state index >= 15 is 0 Å². The number of carbonyl (C=O) groups is 1. The molecule has 5 aromatic heterocycles. The van der Waals surface area contributed by atoms with Gasteiger partial charge in [0.1, 0.15) is 11.5 Å². The summed E-state index contributed by atoms with van der Waals surface area (Å²) in [5.74, 6) is -0.429. The topological polar surface area (TPSA) is 158 Å². The number of anilines is 1. The molecule has 1 saturated carbocycles. The highest BCUT2D eigenvalue weighted by Gasteiger charge is 2.22. The Kier molecular flexibility index (Phi) is 7.79. The Morgan fingerprint density at radius 1 is 0.935 bits per heavy atom. The first-order chi connectivity index (χ1) is 22.2. The van der Waals surface area contributed by atoms with Crippen molar-refractivity contribution in [3.05, 3.63) is 78.6 Å². The third-order valence-electron chi connectivity index (χ3n) is 8.30. The summed E-state index contributed by atoms with van der Waals surface area (Å²) in [6.07, 6.45) is 12.9. The molecule has 7 rings (SSSR count). The minimum absolute atomic E-state index is 0.0342. The molecule has 5 heterocycles. The van der Waals surface area contributed by atoms with E-state index in [-0.39, 0.29) is 18.4 Å². The Labute approximate surface area is 264 Å². The van der Waals surface area contributed by atoms with Crippen molar-refractivity contribution in [2.75, 3.05) is 11.6 Å². The molecule has 0 saturated heterocycles. The molecule has 6 aromatic rings. The van der Waals surface area contributed by atoms with Crippen LogP contribution in [0.5, 0.6) is 0 Å². The normalized spacial score (nSPS) is 14.2. The first kappa shape index (κ1) is 29.7. The molecular formula is C33H31FN8O3S. The van der Waals surface area contributed by atoms with Gasteiger partial charge in [0.05, 0.1) is 46.9 Å². The van der Waals surface area contributed by atoms with Crippen molar-refractivity contribution in [1.82, 2.24) is 34.9 Å². The summed E-state index contributed by atoms with van der Waals surface area (Å²) in [7, 11) is -3.45. The molecule has 1 amide bonds. The quantitative estimate of drug-likeness (QED) is 0.161. The number of nitrogens with zero attached hydrogens (tertiary/aromatic N) is 4. The highest BCUT2D eigenvalue weighted by Crippen LogP contribution is 2.35. The number of aromatic nitrogens is 6. The summed E-state index contributed by atoms with van der Waals surface area (Å²) in [6.45, 7) is -0.0428. The predicted octanol–water partition coefficient (Wildman–Crippen LogP) is 5.94. The second-order valence-corrected chi connectivity index (χ2v) is 13.6. The molecular weight excluding hydrogens is 607 g/mol. The molecule has 11 nitrogen and oxygen atoms in total. The molecule has 1 aliphatic rings. The van der Waals surface area contributed by atoms with Gasteiger partial charge in [0, 0.05) is 52.3 Å². The van der Waals surface area contributed by atoms with Crippen LogP contribution < -0.4 is 10.0 Å². The van der Waals surface area contributed by atoms with Crippen molar-refractivity contribution in [2.24, 2.45) is 5.92 Å². The maximum absolute atomic E-state index is 14.6. The van der Waals surface area contributed by atoms with Crippen LogP contribution in [-0.2, 0) is 21.4 Å². The van der Waals surface area contributed by atoms with Gasteiger partial charge in [-0.25, -0.2) is 17.5 Å². The lowest BCUT2D eigenvalue weighted by atomic mass is 9.88. The Bertz CT molecular complexity index is 2210. The van der Waals surface area contributed by atoms with Crippen LogP contribution in [0.15, 0.2) is 67.3 Å². The molecule has 0 spiro atoms. The summed E-state index contributed by atoms with van der Waals surface area (Å²) in [5, 5.41) is 12.2. The smallest absolute Gasteiger partial charge is 0.227 e. The number of nitrogens with one attached hydrogen (secondary N) is 4. The number of carbonyl (C=O) groups excluding carboxylic acids is 1. The fourth-order valence-electron chi connectivity index (χ4n) is 6.05. The average Bonchev–Trinajstić information content (AvgIpc) is 3.68. The molecule has 0 bridgehead atoms. The molecule has 4 N–H and O–H groups in total. The second kappa shape index (κ2) is 12.1. The van der Waals surface area contributed by atoms with Gasteiger partial charge in [-0.2, -0.15) is 5.10 Å². The number of sulfonamides is 1. The van der Waals surface area contributed by atoms with Crippen LogP contribution in [0.1, 0.15) is 37.7 Å². The third kappa shape index (κ3) is 6.24. The molecule has 0 radical (unpaired) electrons. The fraction of sp³-hybridized carbons (Fsp3) is 0.242. The molecule has 1 aliphatic carbocycles. The number of halogens is 1. The Hall–Kier alpha value is -5.01. The van der Waals surface area contributed by atoms with Gasteiger partial charge < -0.3 is 10.3 Å². The monoisotopic (exact) mass is 638 g/mol. The van der Waals surface area contributed by atoms with E-state index in [2.05, 4.69) is 40.2 Å². The average molecular weight is 639 g/mol. The van der Waals surface area contributed by atoms with Gasteiger partial charge in [0.25, 0.3) is 0 Å². The van der Waals surface area contributed by atoms with E-state index in [4.69, 9.17) is 0 Å². The molecule has 234 valence electrons. The van der Waals surface area contributed by atoms with E-state index in [1.807, 2.05) is 24.3 Å². The van der Waals surface area contributed by atoms with Crippen LogP contribution in [-0.4, -0.2) is 50.7 Å². The van der Waals surface area contributed by atoms with Crippen LogP contribution in [0, 0.1) is 11.7 Å². The SMILES string of the molecule is CS(=O)(=O)NCc1cc(F)cc(-c2nccc3[nH]c(-c4n[nH]c5cnc(-c6cncc(NC(=O)C7CCCCC7)c6)cc45)cc23)c1. The van der Waals surface area contributed by atoms with Crippen LogP contribution in [0.25, 0.3) is 55.7 Å². The number of hydrogen-bond acceptors (Lipinski definition) is 7. The van der Waals surface area contributed by atoms with Gasteiger partial charge in [0.15, 0.2) is 0 Å². The summed E-state index contributed by atoms with van der Waals surface area (Å²) in [4.78, 5) is 29.7. The van der Waals surface area contributed by atoms with Gasteiger partial charge in [-0.3, -0.25) is 24.8 Å². The van der Waals surface area contributed by atoms with Crippen molar-refractivity contribution in [1.29, 1.82) is 0 Å². The van der Waals surface area contributed by atoms with Crippen molar-refractivity contribution in [3.63, 3.8) is 0 Å². The van der Waals surface area contributed by atoms with Crippen LogP contribution in [0.2, 0.25) is 0 Å². The van der Waals surface area contributed by atoms with Crippen molar-refractivity contribution in [3.8, 4) is 33.9 Å². The zero-order valence-electron chi connectivity index (χ0n) is 25.0. The van der Waals surface area contributed by atoms with Gasteiger partial charge in [-0.05, 0) is 60.9 Å². The Morgan fingerprint density at radius 3 is 2.59 bits per heavy atom. The Balaban J connectivity index is 1.21. The molecule has 1 aromatic carbocycles. The van der Waals surface area contributed by atoms with Gasteiger partial charge >= 0.3 is 0 Å². The van der Waals surface area contributed by atoms with E-state index in [9.17, 15) is 17.6 Å². The minimum atomic E-state index is -3.45. The number of benzene rings is 1. The van der Waals surface area contributed by atoms with Crippen LogP contribution in [0.4, 0.5) is 10.1 Å². The maximum Gasteiger partial charge on any atom is 0.227 e. The number of amides is 1. The zero-order chi connectivity index (χ0) is 31.8.